The van der Waals surface area contributed by atoms with Gasteiger partial charge in [-0.2, -0.15) is 0 Å². The molecule has 1 N–H and O–H groups in total. The normalized spacial score (nSPS) is 19.2. The zero-order valence-corrected chi connectivity index (χ0v) is 15.6. The second-order valence-corrected chi connectivity index (χ2v) is 7.03. The van der Waals surface area contributed by atoms with Gasteiger partial charge in [-0.25, -0.2) is 4.98 Å². The third kappa shape index (κ3) is 3.33. The lowest BCUT2D eigenvalue weighted by molar-refractivity contribution is -0.136. The number of fused-ring (bicyclic) bond motifs is 1. The third-order valence-electron chi connectivity index (χ3n) is 5.11. The molecule has 1 aromatic carbocycles. The fourth-order valence-corrected chi connectivity index (χ4v) is 3.68. The topological polar surface area (TPSA) is 79.4 Å². The van der Waals surface area contributed by atoms with Crippen LogP contribution in [-0.4, -0.2) is 33.6 Å². The van der Waals surface area contributed by atoms with Gasteiger partial charge in [-0.3, -0.25) is 19.7 Å². The highest BCUT2D eigenvalue weighted by Crippen LogP contribution is 2.30. The standard InChI is InChI=1S/C22H21N3O3/c1-2-3-5-16-6-4-7-18(23-16)14-8-9-17-15(12-14)13-25(22(17)28)19-10-11-20(26)24-21(19)27/h3-9,12,19H,2,10-11,13H2,1H3,(H,24,26,27). The Balaban J connectivity index is 1.60. The Bertz CT molecular complexity index is 996. The number of amides is 3. The van der Waals surface area contributed by atoms with Gasteiger partial charge in [-0.05, 0) is 48.7 Å². The first-order valence-corrected chi connectivity index (χ1v) is 9.48. The van der Waals surface area contributed by atoms with Crippen molar-refractivity contribution in [3.63, 3.8) is 0 Å². The van der Waals surface area contributed by atoms with Crippen LogP contribution < -0.4 is 5.32 Å². The average molecular weight is 375 g/mol. The molecule has 2 aromatic rings. The first kappa shape index (κ1) is 18.1. The summed E-state index contributed by atoms with van der Waals surface area (Å²) >= 11 is 0. The van der Waals surface area contributed by atoms with Crippen molar-refractivity contribution in [3.05, 3.63) is 59.3 Å². The van der Waals surface area contributed by atoms with Crippen LogP contribution in [0.1, 0.15) is 47.8 Å². The Morgan fingerprint density at radius 1 is 1.21 bits per heavy atom. The fraction of sp³-hybridized carbons (Fsp3) is 0.273. The van der Waals surface area contributed by atoms with Gasteiger partial charge in [0, 0.05) is 24.1 Å². The van der Waals surface area contributed by atoms with Crippen LogP contribution in [0.2, 0.25) is 0 Å². The predicted octanol–water partition coefficient (Wildman–Crippen LogP) is 2.93. The number of benzene rings is 1. The van der Waals surface area contributed by atoms with Crippen LogP contribution in [0.15, 0.2) is 42.5 Å². The van der Waals surface area contributed by atoms with Crippen LogP contribution in [0, 0.1) is 0 Å². The Hall–Kier alpha value is -3.28. The van der Waals surface area contributed by atoms with Crippen LogP contribution in [0.5, 0.6) is 0 Å². The summed E-state index contributed by atoms with van der Waals surface area (Å²) in [5.74, 6) is -0.839. The number of carbonyl (C=O) groups excluding carboxylic acids is 3. The van der Waals surface area contributed by atoms with Crippen molar-refractivity contribution in [1.29, 1.82) is 0 Å². The van der Waals surface area contributed by atoms with Crippen molar-refractivity contribution < 1.29 is 14.4 Å². The van der Waals surface area contributed by atoms with E-state index in [1.54, 1.807) is 11.0 Å². The van der Waals surface area contributed by atoms with E-state index >= 15 is 0 Å². The maximum atomic E-state index is 12.8. The molecule has 1 atom stereocenters. The van der Waals surface area contributed by atoms with Gasteiger partial charge in [0.25, 0.3) is 5.91 Å². The number of pyridine rings is 1. The molecule has 1 saturated heterocycles. The van der Waals surface area contributed by atoms with Gasteiger partial charge in [-0.15, -0.1) is 0 Å². The van der Waals surface area contributed by atoms with Crippen molar-refractivity contribution in [2.24, 2.45) is 0 Å². The van der Waals surface area contributed by atoms with E-state index < -0.39 is 11.9 Å². The molecule has 3 amide bonds. The number of hydrogen-bond donors (Lipinski definition) is 1. The van der Waals surface area contributed by atoms with Gasteiger partial charge in [0.2, 0.25) is 11.8 Å². The van der Waals surface area contributed by atoms with Crippen LogP contribution in [0.3, 0.4) is 0 Å². The molecule has 0 spiro atoms. The lowest BCUT2D eigenvalue weighted by Crippen LogP contribution is -2.52. The minimum absolute atomic E-state index is 0.163. The lowest BCUT2D eigenvalue weighted by Gasteiger charge is -2.29. The number of imide groups is 1. The monoisotopic (exact) mass is 375 g/mol. The summed E-state index contributed by atoms with van der Waals surface area (Å²) in [6.07, 6.45) is 5.62. The summed E-state index contributed by atoms with van der Waals surface area (Å²) in [6, 6.07) is 10.9. The molecule has 6 nitrogen and oxygen atoms in total. The van der Waals surface area contributed by atoms with Crippen LogP contribution >= 0.6 is 0 Å². The van der Waals surface area contributed by atoms with Gasteiger partial charge in [0.05, 0.1) is 11.4 Å². The Kier molecular flexibility index (Phi) is 4.77. The molecule has 1 fully saturated rings. The zero-order chi connectivity index (χ0) is 19.7. The molecule has 1 aromatic heterocycles. The molecule has 3 heterocycles. The van der Waals surface area contributed by atoms with Crippen molar-refractivity contribution in [2.45, 2.75) is 38.8 Å². The molecular weight excluding hydrogens is 354 g/mol. The molecule has 0 radical (unpaired) electrons. The average Bonchev–Trinajstić information content (AvgIpc) is 3.02. The van der Waals surface area contributed by atoms with Crippen molar-refractivity contribution >= 4 is 23.8 Å². The van der Waals surface area contributed by atoms with Crippen molar-refractivity contribution in [1.82, 2.24) is 15.2 Å². The Morgan fingerprint density at radius 3 is 2.86 bits per heavy atom. The summed E-state index contributed by atoms with van der Waals surface area (Å²) < 4.78 is 0. The maximum Gasteiger partial charge on any atom is 0.255 e. The third-order valence-corrected chi connectivity index (χ3v) is 5.11. The zero-order valence-electron chi connectivity index (χ0n) is 15.6. The molecule has 2 aliphatic heterocycles. The molecule has 0 aliphatic carbocycles. The molecular formula is C22H21N3O3. The fourth-order valence-electron chi connectivity index (χ4n) is 3.68. The van der Waals surface area contributed by atoms with Crippen molar-refractivity contribution in [3.8, 4) is 11.3 Å². The van der Waals surface area contributed by atoms with Gasteiger partial charge in [-0.1, -0.05) is 25.1 Å². The Morgan fingerprint density at radius 2 is 2.07 bits per heavy atom. The predicted molar refractivity (Wildman–Crippen MR) is 105 cm³/mol. The molecule has 6 heteroatoms. The van der Waals surface area contributed by atoms with Crippen LogP contribution in [0.4, 0.5) is 0 Å². The van der Waals surface area contributed by atoms with Gasteiger partial charge < -0.3 is 4.90 Å². The minimum Gasteiger partial charge on any atom is -0.322 e. The summed E-state index contributed by atoms with van der Waals surface area (Å²) in [4.78, 5) is 42.5. The molecule has 142 valence electrons. The van der Waals surface area contributed by atoms with E-state index in [-0.39, 0.29) is 18.2 Å². The van der Waals surface area contributed by atoms with Crippen LogP contribution in [-0.2, 0) is 16.1 Å². The number of rotatable bonds is 4. The number of nitrogens with one attached hydrogen (secondary N) is 1. The summed E-state index contributed by atoms with van der Waals surface area (Å²) in [6.45, 7) is 2.44. The molecule has 1 unspecified atom stereocenters. The quantitative estimate of drug-likeness (QED) is 0.834. The minimum atomic E-state index is -0.596. The highest BCUT2D eigenvalue weighted by atomic mass is 16.2. The number of allylic oxidation sites excluding steroid dienone is 1. The number of nitrogens with zero attached hydrogens (tertiary/aromatic N) is 2. The first-order valence-electron chi connectivity index (χ1n) is 9.48. The van der Waals surface area contributed by atoms with E-state index in [4.69, 9.17) is 0 Å². The second-order valence-electron chi connectivity index (χ2n) is 7.03. The highest BCUT2D eigenvalue weighted by molar-refractivity contribution is 6.05. The van der Waals surface area contributed by atoms with Gasteiger partial charge >= 0.3 is 0 Å². The summed E-state index contributed by atoms with van der Waals surface area (Å²) in [7, 11) is 0. The number of piperidine rings is 1. The summed E-state index contributed by atoms with van der Waals surface area (Å²) in [5.41, 5.74) is 4.15. The number of hydrogen-bond acceptors (Lipinski definition) is 4. The van der Waals surface area contributed by atoms with Gasteiger partial charge in [0.15, 0.2) is 0 Å². The highest BCUT2D eigenvalue weighted by Gasteiger charge is 2.39. The largest absolute Gasteiger partial charge is 0.322 e. The Labute approximate surface area is 163 Å². The van der Waals surface area contributed by atoms with Crippen molar-refractivity contribution in [2.75, 3.05) is 0 Å². The van der Waals surface area contributed by atoms with E-state index in [1.165, 1.54) is 0 Å². The number of aromatic nitrogens is 1. The van der Waals surface area contributed by atoms with E-state index in [2.05, 4.69) is 23.3 Å². The van der Waals surface area contributed by atoms with Gasteiger partial charge in [0.1, 0.15) is 6.04 Å². The molecule has 4 rings (SSSR count). The lowest BCUT2D eigenvalue weighted by atomic mass is 10.0. The first-order chi connectivity index (χ1) is 13.6. The van der Waals surface area contributed by atoms with E-state index in [0.717, 1.165) is 28.9 Å². The second kappa shape index (κ2) is 7.38. The molecule has 2 aliphatic rings. The smallest absolute Gasteiger partial charge is 0.255 e. The molecule has 0 bridgehead atoms. The maximum absolute atomic E-state index is 12.8. The summed E-state index contributed by atoms with van der Waals surface area (Å²) in [5, 5.41) is 2.33. The van der Waals surface area contributed by atoms with E-state index in [0.29, 0.717) is 18.5 Å². The van der Waals surface area contributed by atoms with E-state index in [1.807, 2.05) is 36.4 Å². The molecule has 0 saturated carbocycles. The SMILES string of the molecule is CCC=Cc1cccc(-c2ccc3c(c2)CN(C2CCC(=O)NC2=O)C3=O)n1. The molecule has 28 heavy (non-hydrogen) atoms. The van der Waals surface area contributed by atoms with Crippen LogP contribution in [0.25, 0.3) is 17.3 Å². The van der Waals surface area contributed by atoms with E-state index in [9.17, 15) is 14.4 Å². The number of carbonyl (C=O) groups is 3.